The third-order valence-corrected chi connectivity index (χ3v) is 4.75. The first-order valence-corrected chi connectivity index (χ1v) is 7.77. The number of carbonyl (C=O) groups excluding carboxylic acids is 1. The van der Waals surface area contributed by atoms with E-state index in [0.29, 0.717) is 18.4 Å². The zero-order valence-corrected chi connectivity index (χ0v) is 12.5. The number of halogens is 1. The van der Waals surface area contributed by atoms with Crippen molar-refractivity contribution in [2.45, 2.75) is 25.3 Å². The third kappa shape index (κ3) is 3.00. The Morgan fingerprint density at radius 3 is 2.84 bits per heavy atom. The van der Waals surface area contributed by atoms with Crippen LogP contribution >= 0.6 is 15.9 Å². The summed E-state index contributed by atoms with van der Waals surface area (Å²) in [5.74, 6) is 0.932. The number of benzene rings is 1. The van der Waals surface area contributed by atoms with E-state index in [2.05, 4.69) is 21.2 Å². The molecule has 0 spiro atoms. The molecule has 3 rings (SSSR count). The highest BCUT2D eigenvalue weighted by Crippen LogP contribution is 2.25. The molecule has 1 amide bonds. The van der Waals surface area contributed by atoms with Gasteiger partial charge in [-0.15, -0.1) is 0 Å². The van der Waals surface area contributed by atoms with Crippen LogP contribution in [-0.2, 0) is 11.2 Å². The predicted molar refractivity (Wildman–Crippen MR) is 78.9 cm³/mol. The second-order valence-corrected chi connectivity index (χ2v) is 6.48. The maximum absolute atomic E-state index is 12.3. The lowest BCUT2D eigenvalue weighted by Crippen LogP contribution is -2.41. The number of amides is 1. The van der Waals surface area contributed by atoms with Crippen LogP contribution in [0.2, 0.25) is 0 Å². The van der Waals surface area contributed by atoms with Crippen molar-refractivity contribution >= 4 is 21.8 Å². The lowest BCUT2D eigenvalue weighted by molar-refractivity contribution is -0.129. The summed E-state index contributed by atoms with van der Waals surface area (Å²) in [5.41, 5.74) is 1.09. The van der Waals surface area contributed by atoms with E-state index in [1.165, 1.54) is 12.8 Å². The Hall–Kier alpha value is -0.870. The summed E-state index contributed by atoms with van der Waals surface area (Å²) in [6.45, 7) is 2.93. The van der Waals surface area contributed by atoms with Gasteiger partial charge in [-0.25, -0.2) is 0 Å². The van der Waals surface area contributed by atoms with Crippen LogP contribution < -0.4 is 5.32 Å². The Balaban J connectivity index is 1.60. The van der Waals surface area contributed by atoms with E-state index in [-0.39, 0.29) is 5.91 Å². The molecule has 19 heavy (non-hydrogen) atoms. The fourth-order valence-corrected chi connectivity index (χ4v) is 3.40. The smallest absolute Gasteiger partial charge is 0.227 e. The molecule has 1 aromatic carbocycles. The average Bonchev–Trinajstić information content (AvgIpc) is 2.85. The van der Waals surface area contributed by atoms with E-state index in [4.69, 9.17) is 0 Å². The van der Waals surface area contributed by atoms with Crippen LogP contribution in [0.1, 0.15) is 18.4 Å². The van der Waals surface area contributed by atoms with Gasteiger partial charge in [0.25, 0.3) is 0 Å². The van der Waals surface area contributed by atoms with Crippen molar-refractivity contribution in [1.29, 1.82) is 0 Å². The number of carbonyl (C=O) groups is 1. The van der Waals surface area contributed by atoms with E-state index >= 15 is 0 Å². The number of fused-ring (bicyclic) bond motifs is 1. The number of hydrogen-bond acceptors (Lipinski definition) is 2. The summed E-state index contributed by atoms with van der Waals surface area (Å²) < 4.78 is 1.06. The first kappa shape index (κ1) is 13.1. The number of piperidine rings is 1. The second kappa shape index (κ2) is 5.63. The largest absolute Gasteiger partial charge is 0.341 e. The molecule has 2 aliphatic heterocycles. The first-order chi connectivity index (χ1) is 9.22. The van der Waals surface area contributed by atoms with Gasteiger partial charge in [-0.1, -0.05) is 28.1 Å². The van der Waals surface area contributed by atoms with Gasteiger partial charge in [-0.05, 0) is 43.0 Å². The van der Waals surface area contributed by atoms with Crippen LogP contribution in [0.3, 0.4) is 0 Å². The SMILES string of the molecule is O=C(Cc1ccc(Br)cc1)N1CC2CCCNC2C1. The Labute approximate surface area is 122 Å². The molecule has 2 fully saturated rings. The highest BCUT2D eigenvalue weighted by molar-refractivity contribution is 9.10. The molecule has 2 aliphatic rings. The fourth-order valence-electron chi connectivity index (χ4n) is 3.14. The molecule has 0 aliphatic carbocycles. The minimum absolute atomic E-state index is 0.263. The first-order valence-electron chi connectivity index (χ1n) is 6.98. The Morgan fingerprint density at radius 1 is 1.32 bits per heavy atom. The number of nitrogens with zero attached hydrogens (tertiary/aromatic N) is 1. The zero-order chi connectivity index (χ0) is 13.2. The van der Waals surface area contributed by atoms with Gasteiger partial charge in [-0.2, -0.15) is 0 Å². The van der Waals surface area contributed by atoms with Crippen LogP contribution in [-0.4, -0.2) is 36.5 Å². The van der Waals surface area contributed by atoms with Crippen molar-refractivity contribution in [3.63, 3.8) is 0 Å². The molecular weight excluding hydrogens is 304 g/mol. The molecule has 0 radical (unpaired) electrons. The van der Waals surface area contributed by atoms with E-state index in [0.717, 1.165) is 29.7 Å². The van der Waals surface area contributed by atoms with Crippen molar-refractivity contribution < 1.29 is 4.79 Å². The summed E-state index contributed by atoms with van der Waals surface area (Å²) in [7, 11) is 0. The Bertz CT molecular complexity index is 446. The van der Waals surface area contributed by atoms with Crippen molar-refractivity contribution in [2.75, 3.05) is 19.6 Å². The summed E-state index contributed by atoms with van der Waals surface area (Å²) >= 11 is 3.42. The van der Waals surface area contributed by atoms with E-state index in [9.17, 15) is 4.79 Å². The van der Waals surface area contributed by atoms with E-state index < -0.39 is 0 Å². The molecule has 102 valence electrons. The molecule has 2 heterocycles. The highest BCUT2D eigenvalue weighted by atomic mass is 79.9. The molecule has 3 nitrogen and oxygen atoms in total. The van der Waals surface area contributed by atoms with Crippen LogP contribution in [0.5, 0.6) is 0 Å². The van der Waals surface area contributed by atoms with Gasteiger partial charge in [0.2, 0.25) is 5.91 Å². The maximum Gasteiger partial charge on any atom is 0.227 e. The van der Waals surface area contributed by atoms with Crippen LogP contribution in [0.15, 0.2) is 28.7 Å². The minimum atomic E-state index is 0.263. The number of rotatable bonds is 2. The van der Waals surface area contributed by atoms with Gasteiger partial charge in [0, 0.05) is 23.6 Å². The van der Waals surface area contributed by atoms with Gasteiger partial charge in [-0.3, -0.25) is 4.79 Å². The monoisotopic (exact) mass is 322 g/mol. The summed E-state index contributed by atoms with van der Waals surface area (Å²) in [6.07, 6.45) is 3.03. The van der Waals surface area contributed by atoms with Gasteiger partial charge in [0.1, 0.15) is 0 Å². The highest BCUT2D eigenvalue weighted by Gasteiger charge is 2.36. The topological polar surface area (TPSA) is 32.3 Å². The van der Waals surface area contributed by atoms with Crippen molar-refractivity contribution in [3.8, 4) is 0 Å². The van der Waals surface area contributed by atoms with Gasteiger partial charge < -0.3 is 10.2 Å². The Morgan fingerprint density at radius 2 is 2.11 bits per heavy atom. The molecule has 0 aromatic heterocycles. The summed E-state index contributed by atoms with van der Waals surface area (Å²) in [6, 6.07) is 8.55. The normalized spacial score (nSPS) is 26.3. The lowest BCUT2D eigenvalue weighted by atomic mass is 9.94. The van der Waals surface area contributed by atoms with E-state index in [1.54, 1.807) is 0 Å². The molecule has 2 unspecified atom stereocenters. The van der Waals surface area contributed by atoms with E-state index in [1.807, 2.05) is 29.2 Å². The van der Waals surface area contributed by atoms with Gasteiger partial charge in [0.15, 0.2) is 0 Å². The fraction of sp³-hybridized carbons (Fsp3) is 0.533. The van der Waals surface area contributed by atoms with Gasteiger partial charge >= 0.3 is 0 Å². The van der Waals surface area contributed by atoms with Gasteiger partial charge in [0.05, 0.1) is 6.42 Å². The molecule has 0 saturated carbocycles. The molecule has 2 atom stereocenters. The maximum atomic E-state index is 12.3. The number of hydrogen-bond donors (Lipinski definition) is 1. The minimum Gasteiger partial charge on any atom is -0.341 e. The molecule has 1 N–H and O–H groups in total. The quantitative estimate of drug-likeness (QED) is 0.905. The van der Waals surface area contributed by atoms with Crippen LogP contribution in [0.25, 0.3) is 0 Å². The van der Waals surface area contributed by atoms with Crippen molar-refractivity contribution in [2.24, 2.45) is 5.92 Å². The standard InChI is InChI=1S/C15H19BrN2O/c16-13-5-3-11(4-6-13)8-15(19)18-9-12-2-1-7-17-14(12)10-18/h3-6,12,14,17H,1-2,7-10H2. The number of nitrogens with one attached hydrogen (secondary N) is 1. The average molecular weight is 323 g/mol. The van der Waals surface area contributed by atoms with Crippen LogP contribution in [0.4, 0.5) is 0 Å². The number of likely N-dealkylation sites (tertiary alicyclic amines) is 1. The third-order valence-electron chi connectivity index (χ3n) is 4.22. The van der Waals surface area contributed by atoms with Crippen molar-refractivity contribution in [3.05, 3.63) is 34.3 Å². The van der Waals surface area contributed by atoms with Crippen molar-refractivity contribution in [1.82, 2.24) is 10.2 Å². The zero-order valence-electron chi connectivity index (χ0n) is 10.9. The Kier molecular flexibility index (Phi) is 3.89. The summed E-state index contributed by atoms with van der Waals surface area (Å²) in [5, 5.41) is 3.54. The summed E-state index contributed by atoms with van der Waals surface area (Å²) in [4.78, 5) is 14.4. The predicted octanol–water partition coefficient (Wildman–Crippen LogP) is 2.20. The molecular formula is C15H19BrN2O. The molecule has 4 heteroatoms. The van der Waals surface area contributed by atoms with Crippen LogP contribution in [0, 0.1) is 5.92 Å². The molecule has 2 saturated heterocycles. The molecule has 1 aromatic rings. The molecule has 0 bridgehead atoms. The second-order valence-electron chi connectivity index (χ2n) is 5.56. The lowest BCUT2D eigenvalue weighted by Gasteiger charge is -2.24.